The van der Waals surface area contributed by atoms with Crippen molar-refractivity contribution in [3.8, 4) is 0 Å². The summed E-state index contributed by atoms with van der Waals surface area (Å²) in [5.41, 5.74) is 7.04. The van der Waals surface area contributed by atoms with Crippen LogP contribution in [-0.4, -0.2) is 24.1 Å². The van der Waals surface area contributed by atoms with E-state index in [9.17, 15) is 14.4 Å². The Bertz CT molecular complexity index is 1140. The van der Waals surface area contributed by atoms with Crippen LogP contribution in [0, 0.1) is 5.92 Å². The zero-order valence-electron chi connectivity index (χ0n) is 16.2. The SMILES string of the molecule is CSc1ccc(NC(=O)Nc2ccc3sc(NC(=O)C4CC4)c(C(N)=O)c3c2)cc1. The molecule has 2 aromatic carbocycles. The third kappa shape index (κ3) is 4.42. The second-order valence-corrected chi connectivity index (χ2v) is 8.88. The van der Waals surface area contributed by atoms with E-state index in [0.29, 0.717) is 21.8 Å². The van der Waals surface area contributed by atoms with Gasteiger partial charge in [0.2, 0.25) is 5.91 Å². The molecule has 3 aromatic rings. The van der Waals surface area contributed by atoms with E-state index in [4.69, 9.17) is 5.73 Å². The lowest BCUT2D eigenvalue weighted by Crippen LogP contribution is -2.19. The number of anilines is 3. The van der Waals surface area contributed by atoms with Gasteiger partial charge in [0.15, 0.2) is 0 Å². The minimum Gasteiger partial charge on any atom is -0.365 e. The highest BCUT2D eigenvalue weighted by atomic mass is 32.2. The average molecular weight is 441 g/mol. The third-order valence-corrected chi connectivity index (χ3v) is 6.55. The molecule has 1 fully saturated rings. The molecule has 154 valence electrons. The van der Waals surface area contributed by atoms with Gasteiger partial charge >= 0.3 is 6.03 Å². The fraction of sp³-hybridized carbons (Fsp3) is 0.190. The highest BCUT2D eigenvalue weighted by molar-refractivity contribution is 7.98. The standard InChI is InChI=1S/C21H20N4O3S2/c1-29-14-7-4-12(5-8-14)23-21(28)24-13-6-9-16-15(10-13)17(18(22)26)20(30-16)25-19(27)11-2-3-11/h4-11H,2-3H2,1H3,(H2,22,26)(H,25,27)(H2,23,24,28). The third-order valence-electron chi connectivity index (χ3n) is 4.73. The minimum atomic E-state index is -0.622. The van der Waals surface area contributed by atoms with E-state index in [1.165, 1.54) is 11.3 Å². The van der Waals surface area contributed by atoms with Gasteiger partial charge < -0.3 is 21.7 Å². The summed E-state index contributed by atoms with van der Waals surface area (Å²) >= 11 is 2.92. The van der Waals surface area contributed by atoms with Gasteiger partial charge in [0.05, 0.1) is 5.56 Å². The highest BCUT2D eigenvalue weighted by Crippen LogP contribution is 2.38. The first-order valence-corrected chi connectivity index (χ1v) is 11.4. The molecule has 0 saturated heterocycles. The zero-order valence-corrected chi connectivity index (χ0v) is 17.8. The number of fused-ring (bicyclic) bond motifs is 1. The summed E-state index contributed by atoms with van der Waals surface area (Å²) in [4.78, 5) is 37.7. The van der Waals surface area contributed by atoms with E-state index in [2.05, 4.69) is 16.0 Å². The van der Waals surface area contributed by atoms with Crippen LogP contribution in [-0.2, 0) is 4.79 Å². The first-order valence-electron chi connectivity index (χ1n) is 9.34. The molecule has 1 aromatic heterocycles. The lowest BCUT2D eigenvalue weighted by Gasteiger charge is -2.08. The first kappa shape index (κ1) is 20.2. The van der Waals surface area contributed by atoms with Crippen LogP contribution in [0.4, 0.5) is 21.2 Å². The molecule has 0 radical (unpaired) electrons. The minimum absolute atomic E-state index is 0.0156. The quantitative estimate of drug-likeness (QED) is 0.416. The Labute approximate surface area is 181 Å². The smallest absolute Gasteiger partial charge is 0.323 e. The molecule has 4 amide bonds. The van der Waals surface area contributed by atoms with E-state index in [1.54, 1.807) is 30.0 Å². The number of thioether (sulfide) groups is 1. The van der Waals surface area contributed by atoms with Crippen LogP contribution in [0.3, 0.4) is 0 Å². The summed E-state index contributed by atoms with van der Waals surface area (Å²) in [6.45, 7) is 0. The number of amides is 4. The van der Waals surface area contributed by atoms with Crippen LogP contribution in [0.1, 0.15) is 23.2 Å². The number of nitrogens with two attached hydrogens (primary N) is 1. The Balaban J connectivity index is 1.54. The van der Waals surface area contributed by atoms with Crippen LogP contribution < -0.4 is 21.7 Å². The number of benzene rings is 2. The van der Waals surface area contributed by atoms with Crippen molar-refractivity contribution in [2.45, 2.75) is 17.7 Å². The van der Waals surface area contributed by atoms with E-state index in [1.807, 2.05) is 30.5 Å². The maximum absolute atomic E-state index is 12.4. The van der Waals surface area contributed by atoms with Crippen molar-refractivity contribution in [3.63, 3.8) is 0 Å². The Morgan fingerprint density at radius 2 is 1.67 bits per heavy atom. The molecule has 0 bridgehead atoms. The summed E-state index contributed by atoms with van der Waals surface area (Å²) < 4.78 is 0.800. The average Bonchev–Trinajstić information content (AvgIpc) is 3.50. The molecule has 1 aliphatic carbocycles. The topological polar surface area (TPSA) is 113 Å². The van der Waals surface area contributed by atoms with Crippen molar-refractivity contribution < 1.29 is 14.4 Å². The predicted octanol–water partition coefficient (Wildman–Crippen LogP) is 4.71. The lowest BCUT2D eigenvalue weighted by molar-refractivity contribution is -0.117. The summed E-state index contributed by atoms with van der Waals surface area (Å²) in [5.74, 6) is -0.695. The molecule has 0 spiro atoms. The van der Waals surface area contributed by atoms with Gasteiger partial charge in [-0.2, -0.15) is 0 Å². The Morgan fingerprint density at radius 1 is 1.00 bits per heavy atom. The summed E-state index contributed by atoms with van der Waals surface area (Å²) in [7, 11) is 0. The number of urea groups is 1. The van der Waals surface area contributed by atoms with Crippen LogP contribution >= 0.6 is 23.1 Å². The van der Waals surface area contributed by atoms with Gasteiger partial charge in [-0.15, -0.1) is 23.1 Å². The molecule has 0 atom stereocenters. The van der Waals surface area contributed by atoms with Gasteiger partial charge in [-0.25, -0.2) is 4.79 Å². The number of carbonyl (C=O) groups is 3. The molecule has 5 N–H and O–H groups in total. The molecule has 0 unspecified atom stereocenters. The van der Waals surface area contributed by atoms with Crippen LogP contribution in [0.2, 0.25) is 0 Å². The van der Waals surface area contributed by atoms with Crippen LogP contribution in [0.25, 0.3) is 10.1 Å². The van der Waals surface area contributed by atoms with Crippen molar-refractivity contribution in [1.29, 1.82) is 0 Å². The maximum Gasteiger partial charge on any atom is 0.323 e. The first-order chi connectivity index (χ1) is 14.4. The number of thiophene rings is 1. The number of hydrogen-bond acceptors (Lipinski definition) is 5. The summed E-state index contributed by atoms with van der Waals surface area (Å²) in [6, 6.07) is 12.3. The lowest BCUT2D eigenvalue weighted by atomic mass is 10.1. The van der Waals surface area contributed by atoms with Crippen molar-refractivity contribution in [2.24, 2.45) is 11.7 Å². The number of nitrogens with one attached hydrogen (secondary N) is 3. The monoisotopic (exact) mass is 440 g/mol. The molecule has 0 aliphatic heterocycles. The molecular weight excluding hydrogens is 420 g/mol. The zero-order chi connectivity index (χ0) is 21.3. The van der Waals surface area contributed by atoms with Crippen LogP contribution in [0.15, 0.2) is 47.4 Å². The Morgan fingerprint density at radius 3 is 2.30 bits per heavy atom. The predicted molar refractivity (Wildman–Crippen MR) is 123 cm³/mol. The normalized spacial score (nSPS) is 13.1. The number of rotatable bonds is 6. The molecule has 1 heterocycles. The molecule has 1 saturated carbocycles. The molecule has 7 nitrogen and oxygen atoms in total. The number of hydrogen-bond donors (Lipinski definition) is 4. The number of carbonyl (C=O) groups excluding carboxylic acids is 3. The second-order valence-electron chi connectivity index (χ2n) is 6.95. The van der Waals surface area contributed by atoms with Gasteiger partial charge in [0.25, 0.3) is 5.91 Å². The molecule has 30 heavy (non-hydrogen) atoms. The second kappa shape index (κ2) is 8.37. The van der Waals surface area contributed by atoms with Crippen molar-refractivity contribution >= 4 is 67.4 Å². The Hall–Kier alpha value is -3.04. The van der Waals surface area contributed by atoms with E-state index >= 15 is 0 Å². The Kier molecular flexibility index (Phi) is 5.65. The summed E-state index contributed by atoms with van der Waals surface area (Å²) in [5, 5.41) is 9.41. The van der Waals surface area contributed by atoms with Crippen molar-refractivity contribution in [3.05, 3.63) is 48.0 Å². The largest absolute Gasteiger partial charge is 0.365 e. The van der Waals surface area contributed by atoms with E-state index < -0.39 is 11.9 Å². The molecular formula is C21H20N4O3S2. The van der Waals surface area contributed by atoms with Crippen LogP contribution in [0.5, 0.6) is 0 Å². The molecule has 1 aliphatic rings. The van der Waals surface area contributed by atoms with Gasteiger partial charge in [0, 0.05) is 32.3 Å². The van der Waals surface area contributed by atoms with Gasteiger partial charge in [0.1, 0.15) is 5.00 Å². The fourth-order valence-electron chi connectivity index (χ4n) is 3.04. The molecule has 9 heteroatoms. The summed E-state index contributed by atoms with van der Waals surface area (Å²) in [6.07, 6.45) is 3.72. The van der Waals surface area contributed by atoms with Crippen molar-refractivity contribution in [1.82, 2.24) is 0 Å². The maximum atomic E-state index is 12.4. The van der Waals surface area contributed by atoms with Gasteiger partial charge in [-0.1, -0.05) is 0 Å². The fourth-order valence-corrected chi connectivity index (χ4v) is 4.53. The number of primary amides is 1. The van der Waals surface area contributed by atoms with E-state index in [-0.39, 0.29) is 17.4 Å². The van der Waals surface area contributed by atoms with Gasteiger partial charge in [-0.05, 0) is 61.6 Å². The highest BCUT2D eigenvalue weighted by Gasteiger charge is 2.31. The van der Waals surface area contributed by atoms with E-state index in [0.717, 1.165) is 22.4 Å². The molecule has 4 rings (SSSR count). The van der Waals surface area contributed by atoms with Crippen molar-refractivity contribution in [2.75, 3.05) is 22.2 Å². The van der Waals surface area contributed by atoms with Gasteiger partial charge in [-0.3, -0.25) is 9.59 Å².